The van der Waals surface area contributed by atoms with Crippen molar-refractivity contribution in [1.82, 2.24) is 9.80 Å². The Balaban J connectivity index is 1.56. The number of carbonyl (C=O) groups is 3. The first-order chi connectivity index (χ1) is 15.2. The molecule has 11 heteroatoms. The van der Waals surface area contributed by atoms with Gasteiger partial charge in [-0.15, -0.1) is 11.3 Å². The lowest BCUT2D eigenvalue weighted by molar-refractivity contribution is -0.117. The molecule has 0 bridgehead atoms. The predicted octanol–water partition coefficient (Wildman–Crippen LogP) is 2.49. The van der Waals surface area contributed by atoms with Gasteiger partial charge in [0.05, 0.1) is 29.1 Å². The number of anilines is 1. The number of primary amides is 1. The van der Waals surface area contributed by atoms with Crippen molar-refractivity contribution in [2.24, 2.45) is 5.73 Å². The molecular formula is C21H24ClFN4O4S. The third kappa shape index (κ3) is 5.63. The van der Waals surface area contributed by atoms with Crippen LogP contribution in [0.5, 0.6) is 0 Å². The molecule has 0 unspecified atom stereocenters. The number of esters is 1. The molecule has 0 spiro atoms. The SMILES string of the molecule is COC(=O)c1c(NC(=O)CN2CCN(Cc3ccc(F)c(Cl)c3)CC2)sc(C(N)=O)c1C. The molecule has 1 aliphatic heterocycles. The summed E-state index contributed by atoms with van der Waals surface area (Å²) in [4.78, 5) is 40.8. The van der Waals surface area contributed by atoms with Gasteiger partial charge in [-0.05, 0) is 30.2 Å². The van der Waals surface area contributed by atoms with Crippen molar-refractivity contribution < 1.29 is 23.5 Å². The van der Waals surface area contributed by atoms with Crippen LogP contribution < -0.4 is 11.1 Å². The number of carbonyl (C=O) groups excluding carboxylic acids is 3. The van der Waals surface area contributed by atoms with Crippen LogP contribution in [0.25, 0.3) is 0 Å². The van der Waals surface area contributed by atoms with Crippen LogP contribution in [0.4, 0.5) is 9.39 Å². The maximum atomic E-state index is 13.3. The number of rotatable bonds is 7. The standard InChI is InChI=1S/C21H24ClFN4O4S/c1-12-17(21(30)31-2)20(32-18(12)19(24)29)25-16(28)11-27-7-5-26(6-8-27)10-13-3-4-15(23)14(22)9-13/h3-4,9H,5-8,10-11H2,1-2H3,(H2,24,29)(H,25,28). The molecule has 0 saturated carbocycles. The van der Waals surface area contributed by atoms with Crippen LogP contribution in [0, 0.1) is 12.7 Å². The van der Waals surface area contributed by atoms with Gasteiger partial charge in [0.2, 0.25) is 5.91 Å². The molecule has 1 aromatic carbocycles. The van der Waals surface area contributed by atoms with Crippen LogP contribution in [-0.2, 0) is 16.1 Å². The monoisotopic (exact) mass is 482 g/mol. The lowest BCUT2D eigenvalue weighted by Crippen LogP contribution is -2.48. The van der Waals surface area contributed by atoms with Gasteiger partial charge in [-0.3, -0.25) is 19.4 Å². The Hall–Kier alpha value is -2.53. The van der Waals surface area contributed by atoms with Gasteiger partial charge in [-0.1, -0.05) is 17.7 Å². The van der Waals surface area contributed by atoms with E-state index in [0.717, 1.165) is 30.0 Å². The summed E-state index contributed by atoms with van der Waals surface area (Å²) in [7, 11) is 1.23. The Morgan fingerprint density at radius 2 is 1.88 bits per heavy atom. The highest BCUT2D eigenvalue weighted by molar-refractivity contribution is 7.18. The molecular weight excluding hydrogens is 459 g/mol. The zero-order valence-electron chi connectivity index (χ0n) is 17.7. The van der Waals surface area contributed by atoms with Crippen molar-refractivity contribution >= 4 is 45.7 Å². The van der Waals surface area contributed by atoms with Crippen LogP contribution in [0.15, 0.2) is 18.2 Å². The number of ether oxygens (including phenoxy) is 1. The molecule has 0 radical (unpaired) electrons. The summed E-state index contributed by atoms with van der Waals surface area (Å²) in [6, 6.07) is 4.69. The first-order valence-electron chi connectivity index (χ1n) is 9.89. The Bertz CT molecular complexity index is 1040. The molecule has 8 nitrogen and oxygen atoms in total. The summed E-state index contributed by atoms with van der Waals surface area (Å²) in [5.74, 6) is -2.05. The molecule has 1 saturated heterocycles. The highest BCUT2D eigenvalue weighted by Gasteiger charge is 2.26. The minimum absolute atomic E-state index is 0.104. The smallest absolute Gasteiger partial charge is 0.341 e. The zero-order valence-corrected chi connectivity index (χ0v) is 19.3. The molecule has 2 heterocycles. The van der Waals surface area contributed by atoms with Crippen LogP contribution in [0.1, 0.15) is 31.2 Å². The van der Waals surface area contributed by atoms with Gasteiger partial charge >= 0.3 is 5.97 Å². The number of nitrogens with two attached hydrogens (primary N) is 1. The highest BCUT2D eigenvalue weighted by Crippen LogP contribution is 2.33. The maximum absolute atomic E-state index is 13.3. The first-order valence-corrected chi connectivity index (χ1v) is 11.1. The predicted molar refractivity (Wildman–Crippen MR) is 121 cm³/mol. The average Bonchev–Trinajstić information content (AvgIpc) is 3.07. The first kappa shape index (κ1) is 24.1. The lowest BCUT2D eigenvalue weighted by atomic mass is 10.1. The van der Waals surface area contributed by atoms with Crippen molar-refractivity contribution in [3.63, 3.8) is 0 Å². The van der Waals surface area contributed by atoms with Crippen LogP contribution in [0.3, 0.4) is 0 Å². The second-order valence-corrected chi connectivity index (χ2v) is 8.89. The minimum Gasteiger partial charge on any atom is -0.465 e. The van der Waals surface area contributed by atoms with E-state index in [0.29, 0.717) is 25.2 Å². The van der Waals surface area contributed by atoms with E-state index in [1.165, 1.54) is 13.2 Å². The third-order valence-corrected chi connectivity index (χ3v) is 6.75. The van der Waals surface area contributed by atoms with Gasteiger partial charge < -0.3 is 15.8 Å². The van der Waals surface area contributed by atoms with E-state index in [1.807, 2.05) is 4.90 Å². The zero-order chi connectivity index (χ0) is 23.4. The van der Waals surface area contributed by atoms with Crippen molar-refractivity contribution in [3.8, 4) is 0 Å². The van der Waals surface area contributed by atoms with E-state index in [9.17, 15) is 18.8 Å². The summed E-state index contributed by atoms with van der Waals surface area (Å²) >= 11 is 6.81. The number of halogens is 2. The Morgan fingerprint density at radius 3 is 2.47 bits per heavy atom. The topological polar surface area (TPSA) is 105 Å². The average molecular weight is 483 g/mol. The number of methoxy groups -OCH3 is 1. The van der Waals surface area contributed by atoms with Crippen molar-refractivity contribution in [2.45, 2.75) is 13.5 Å². The largest absolute Gasteiger partial charge is 0.465 e. The number of hydrogen-bond donors (Lipinski definition) is 2. The van der Waals surface area contributed by atoms with Gasteiger partial charge in [0.15, 0.2) is 0 Å². The van der Waals surface area contributed by atoms with Gasteiger partial charge in [0.25, 0.3) is 5.91 Å². The van der Waals surface area contributed by atoms with Crippen LogP contribution in [0.2, 0.25) is 5.02 Å². The van der Waals surface area contributed by atoms with E-state index < -0.39 is 17.7 Å². The van der Waals surface area contributed by atoms with E-state index in [-0.39, 0.29) is 32.9 Å². The summed E-state index contributed by atoms with van der Waals surface area (Å²) in [6.07, 6.45) is 0. The number of hydrogen-bond acceptors (Lipinski definition) is 7. The van der Waals surface area contributed by atoms with E-state index >= 15 is 0 Å². The summed E-state index contributed by atoms with van der Waals surface area (Å²) in [5.41, 5.74) is 6.83. The van der Waals surface area contributed by atoms with E-state index in [4.69, 9.17) is 22.1 Å². The molecule has 0 aliphatic carbocycles. The Morgan fingerprint density at radius 1 is 1.22 bits per heavy atom. The Labute approximate surface area is 194 Å². The molecule has 3 N–H and O–H groups in total. The molecule has 2 aromatic rings. The lowest BCUT2D eigenvalue weighted by Gasteiger charge is -2.34. The van der Waals surface area contributed by atoms with Crippen LogP contribution >= 0.6 is 22.9 Å². The second-order valence-electron chi connectivity index (χ2n) is 7.47. The van der Waals surface area contributed by atoms with Crippen molar-refractivity contribution in [1.29, 1.82) is 0 Å². The molecule has 1 aliphatic rings. The fourth-order valence-corrected chi connectivity index (χ4v) is 4.82. The van der Waals surface area contributed by atoms with Gasteiger partial charge in [-0.2, -0.15) is 0 Å². The number of benzene rings is 1. The molecule has 32 heavy (non-hydrogen) atoms. The van der Waals surface area contributed by atoms with Gasteiger partial charge in [0, 0.05) is 32.7 Å². The summed E-state index contributed by atoms with van der Waals surface area (Å²) in [5, 5.41) is 3.07. The van der Waals surface area contributed by atoms with E-state index in [2.05, 4.69) is 10.2 Å². The fraction of sp³-hybridized carbons (Fsp3) is 0.381. The minimum atomic E-state index is -0.670. The van der Waals surface area contributed by atoms with E-state index in [1.54, 1.807) is 19.1 Å². The molecule has 1 fully saturated rings. The second kappa shape index (κ2) is 10.4. The fourth-order valence-electron chi connectivity index (χ4n) is 3.56. The maximum Gasteiger partial charge on any atom is 0.341 e. The summed E-state index contributed by atoms with van der Waals surface area (Å²) in [6.45, 7) is 5.18. The molecule has 2 amide bonds. The normalized spacial score (nSPS) is 14.9. The number of nitrogens with one attached hydrogen (secondary N) is 1. The number of piperazine rings is 1. The van der Waals surface area contributed by atoms with Crippen molar-refractivity contribution in [3.05, 3.63) is 50.6 Å². The number of nitrogens with zero attached hydrogens (tertiary/aromatic N) is 2. The molecule has 0 atom stereocenters. The van der Waals surface area contributed by atoms with Crippen molar-refractivity contribution in [2.75, 3.05) is 45.2 Å². The van der Waals surface area contributed by atoms with Crippen LogP contribution in [-0.4, -0.2) is 67.4 Å². The van der Waals surface area contributed by atoms with Gasteiger partial charge in [0.1, 0.15) is 10.8 Å². The number of amides is 2. The Kier molecular flexibility index (Phi) is 7.83. The molecule has 3 rings (SSSR count). The molecule has 1 aromatic heterocycles. The van der Waals surface area contributed by atoms with Gasteiger partial charge in [-0.25, -0.2) is 9.18 Å². The summed E-state index contributed by atoms with van der Waals surface area (Å²) < 4.78 is 18.1. The third-order valence-electron chi connectivity index (χ3n) is 5.24. The number of thiophene rings is 1. The quantitative estimate of drug-likeness (QED) is 0.587. The highest BCUT2D eigenvalue weighted by atomic mass is 35.5. The molecule has 172 valence electrons.